The lowest BCUT2D eigenvalue weighted by Gasteiger charge is -2.26. The summed E-state index contributed by atoms with van der Waals surface area (Å²) < 4.78 is 11.0. The maximum absolute atomic E-state index is 8.68. The van der Waals surface area contributed by atoms with E-state index in [2.05, 4.69) is 10.5 Å². The fraction of sp³-hybridized carbons (Fsp3) is 0.500. The van der Waals surface area contributed by atoms with E-state index in [4.69, 9.17) is 20.4 Å². The summed E-state index contributed by atoms with van der Waals surface area (Å²) >= 11 is 0. The Hall–Kier alpha value is -1.63. The third-order valence-corrected chi connectivity index (χ3v) is 3.61. The number of nitrogens with two attached hydrogens (primary N) is 1. The molecule has 1 aliphatic rings. The van der Waals surface area contributed by atoms with Gasteiger partial charge in [-0.05, 0) is 11.6 Å². The first-order valence-electron chi connectivity index (χ1n) is 6.59. The van der Waals surface area contributed by atoms with E-state index in [1.54, 1.807) is 13.2 Å². The van der Waals surface area contributed by atoms with E-state index >= 15 is 0 Å². The average Bonchev–Trinajstić information content (AvgIpc) is 2.96. The van der Waals surface area contributed by atoms with Crippen LogP contribution in [0.3, 0.4) is 0 Å². The fourth-order valence-electron chi connectivity index (χ4n) is 2.29. The summed E-state index contributed by atoms with van der Waals surface area (Å²) in [5.41, 5.74) is 7.13. The number of benzene rings is 1. The standard InChI is InChI=1S/C14H21N3O3/c1-19-14(5-6-20-10-14)9-16-8-11-3-2-4-12(7-11)13(15)17-18/h2-4,7,16,18H,5-6,8-10H2,1H3,(H2,15,17). The molecule has 1 unspecified atom stereocenters. The van der Waals surface area contributed by atoms with Gasteiger partial charge in [-0.3, -0.25) is 0 Å². The molecule has 0 amide bonds. The van der Waals surface area contributed by atoms with Crippen LogP contribution in [0.15, 0.2) is 29.4 Å². The van der Waals surface area contributed by atoms with Crippen molar-refractivity contribution in [3.05, 3.63) is 35.4 Å². The highest BCUT2D eigenvalue weighted by molar-refractivity contribution is 5.97. The van der Waals surface area contributed by atoms with Crippen LogP contribution in [0.25, 0.3) is 0 Å². The third kappa shape index (κ3) is 3.47. The predicted molar refractivity (Wildman–Crippen MR) is 75.8 cm³/mol. The summed E-state index contributed by atoms with van der Waals surface area (Å²) in [6, 6.07) is 7.58. The number of oxime groups is 1. The molecule has 4 N–H and O–H groups in total. The SMILES string of the molecule is COC1(CNCc2cccc(/C(N)=N/O)c2)CCOC1. The molecule has 1 aromatic carbocycles. The van der Waals surface area contributed by atoms with Crippen molar-refractivity contribution in [1.29, 1.82) is 0 Å². The van der Waals surface area contributed by atoms with Crippen molar-refractivity contribution >= 4 is 5.84 Å². The molecule has 0 aliphatic carbocycles. The number of rotatable bonds is 6. The van der Waals surface area contributed by atoms with Gasteiger partial charge >= 0.3 is 0 Å². The van der Waals surface area contributed by atoms with Gasteiger partial charge in [0.2, 0.25) is 0 Å². The molecule has 6 nitrogen and oxygen atoms in total. The summed E-state index contributed by atoms with van der Waals surface area (Å²) in [4.78, 5) is 0. The van der Waals surface area contributed by atoms with Crippen LogP contribution >= 0.6 is 0 Å². The Balaban J connectivity index is 1.91. The topological polar surface area (TPSA) is 89.1 Å². The first kappa shape index (κ1) is 14.8. The Bertz CT molecular complexity index is 470. The second kappa shape index (κ2) is 6.69. The van der Waals surface area contributed by atoms with Crippen LogP contribution in [0, 0.1) is 0 Å². The lowest BCUT2D eigenvalue weighted by molar-refractivity contribution is -0.0159. The van der Waals surface area contributed by atoms with E-state index in [1.807, 2.05) is 18.2 Å². The summed E-state index contributed by atoms with van der Waals surface area (Å²) in [5.74, 6) is 0.115. The van der Waals surface area contributed by atoms with Crippen molar-refractivity contribution < 1.29 is 14.7 Å². The normalized spacial score (nSPS) is 23.1. The molecule has 1 aromatic rings. The minimum Gasteiger partial charge on any atom is -0.409 e. The van der Waals surface area contributed by atoms with Gasteiger partial charge in [0, 0.05) is 38.8 Å². The van der Waals surface area contributed by atoms with Crippen molar-refractivity contribution in [3.8, 4) is 0 Å². The lowest BCUT2D eigenvalue weighted by atomic mass is 10.0. The van der Waals surface area contributed by atoms with Gasteiger partial charge in [-0.25, -0.2) is 0 Å². The van der Waals surface area contributed by atoms with Crippen LogP contribution in [-0.4, -0.2) is 43.5 Å². The van der Waals surface area contributed by atoms with Crippen LogP contribution in [0.5, 0.6) is 0 Å². The zero-order chi connectivity index (χ0) is 14.4. The van der Waals surface area contributed by atoms with Gasteiger partial charge in [-0.15, -0.1) is 0 Å². The van der Waals surface area contributed by atoms with Gasteiger partial charge in [-0.2, -0.15) is 0 Å². The average molecular weight is 279 g/mol. The van der Waals surface area contributed by atoms with E-state index in [0.717, 1.165) is 25.1 Å². The predicted octanol–water partition coefficient (Wildman–Crippen LogP) is 0.676. The molecule has 1 aliphatic heterocycles. The number of methoxy groups -OCH3 is 1. The van der Waals surface area contributed by atoms with Gasteiger partial charge in [0.15, 0.2) is 5.84 Å². The largest absolute Gasteiger partial charge is 0.409 e. The molecule has 6 heteroatoms. The minimum atomic E-state index is -0.219. The van der Waals surface area contributed by atoms with Gasteiger partial charge < -0.3 is 25.7 Å². The van der Waals surface area contributed by atoms with Crippen LogP contribution in [0.1, 0.15) is 17.5 Å². The molecule has 1 fully saturated rings. The highest BCUT2D eigenvalue weighted by Gasteiger charge is 2.34. The summed E-state index contributed by atoms with van der Waals surface area (Å²) in [7, 11) is 1.72. The second-order valence-electron chi connectivity index (χ2n) is 4.98. The quantitative estimate of drug-likeness (QED) is 0.308. The molecule has 0 spiro atoms. The molecule has 0 aromatic heterocycles. The molecule has 2 rings (SSSR count). The third-order valence-electron chi connectivity index (χ3n) is 3.61. The second-order valence-corrected chi connectivity index (χ2v) is 4.98. The molecular weight excluding hydrogens is 258 g/mol. The summed E-state index contributed by atoms with van der Waals surface area (Å²) in [6.07, 6.45) is 0.903. The molecule has 1 heterocycles. The number of hydrogen-bond acceptors (Lipinski definition) is 5. The van der Waals surface area contributed by atoms with E-state index in [9.17, 15) is 0 Å². The van der Waals surface area contributed by atoms with Crippen LogP contribution in [-0.2, 0) is 16.0 Å². The number of nitrogens with zero attached hydrogens (tertiary/aromatic N) is 1. The van der Waals surface area contributed by atoms with Crippen LogP contribution < -0.4 is 11.1 Å². The number of hydrogen-bond donors (Lipinski definition) is 3. The zero-order valence-corrected chi connectivity index (χ0v) is 11.6. The lowest BCUT2D eigenvalue weighted by Crippen LogP contribution is -2.42. The first-order valence-corrected chi connectivity index (χ1v) is 6.59. The number of nitrogens with one attached hydrogen (secondary N) is 1. The van der Waals surface area contributed by atoms with Crippen molar-refractivity contribution in [2.24, 2.45) is 10.9 Å². The van der Waals surface area contributed by atoms with Crippen LogP contribution in [0.4, 0.5) is 0 Å². The van der Waals surface area contributed by atoms with E-state index < -0.39 is 0 Å². The summed E-state index contributed by atoms with van der Waals surface area (Å²) in [5, 5.41) is 15.1. The van der Waals surface area contributed by atoms with Crippen molar-refractivity contribution in [2.75, 3.05) is 26.9 Å². The molecule has 20 heavy (non-hydrogen) atoms. The van der Waals surface area contributed by atoms with Gasteiger partial charge in [-0.1, -0.05) is 23.4 Å². The summed E-state index contributed by atoms with van der Waals surface area (Å²) in [6.45, 7) is 2.80. The maximum atomic E-state index is 8.68. The molecule has 1 saturated heterocycles. The van der Waals surface area contributed by atoms with E-state index in [1.165, 1.54) is 0 Å². The number of amidine groups is 1. The minimum absolute atomic E-state index is 0.115. The van der Waals surface area contributed by atoms with Crippen molar-refractivity contribution in [2.45, 2.75) is 18.6 Å². The smallest absolute Gasteiger partial charge is 0.170 e. The molecular formula is C14H21N3O3. The number of ether oxygens (including phenoxy) is 2. The monoisotopic (exact) mass is 279 g/mol. The van der Waals surface area contributed by atoms with Crippen LogP contribution in [0.2, 0.25) is 0 Å². The van der Waals surface area contributed by atoms with Gasteiger partial charge in [0.1, 0.15) is 5.60 Å². The fourth-order valence-corrected chi connectivity index (χ4v) is 2.29. The Kier molecular flexibility index (Phi) is 4.94. The maximum Gasteiger partial charge on any atom is 0.170 e. The van der Waals surface area contributed by atoms with Crippen molar-refractivity contribution in [1.82, 2.24) is 5.32 Å². The molecule has 0 radical (unpaired) electrons. The Morgan fingerprint density at radius 3 is 3.10 bits per heavy atom. The van der Waals surface area contributed by atoms with E-state index in [0.29, 0.717) is 18.7 Å². The highest BCUT2D eigenvalue weighted by Crippen LogP contribution is 2.21. The zero-order valence-electron chi connectivity index (χ0n) is 11.6. The Labute approximate surface area is 118 Å². The van der Waals surface area contributed by atoms with Crippen molar-refractivity contribution in [3.63, 3.8) is 0 Å². The molecule has 110 valence electrons. The first-order chi connectivity index (χ1) is 9.69. The molecule has 1 atom stereocenters. The molecule has 0 bridgehead atoms. The van der Waals surface area contributed by atoms with Gasteiger partial charge in [0.25, 0.3) is 0 Å². The van der Waals surface area contributed by atoms with E-state index in [-0.39, 0.29) is 11.4 Å². The Morgan fingerprint density at radius 2 is 2.45 bits per heavy atom. The van der Waals surface area contributed by atoms with Gasteiger partial charge in [0.05, 0.1) is 6.61 Å². The highest BCUT2D eigenvalue weighted by atomic mass is 16.5. The Morgan fingerprint density at radius 1 is 1.60 bits per heavy atom. The molecule has 0 saturated carbocycles.